The number of rotatable bonds is 6. The average Bonchev–Trinajstić information content (AvgIpc) is 3.40. The Bertz CT molecular complexity index is 2130. The molecule has 0 aliphatic rings. The Kier molecular flexibility index (Phi) is 6.62. The fraction of sp³-hybridized carbons (Fsp3) is 0.0769. The third-order valence-corrected chi connectivity index (χ3v) is 8.24. The molecule has 5 rings (SSSR count). The number of amides is 2. The Labute approximate surface area is 233 Å². The lowest BCUT2D eigenvalue weighted by atomic mass is 10.1. The van der Waals surface area contributed by atoms with Crippen molar-refractivity contribution in [1.29, 1.82) is 0 Å². The van der Waals surface area contributed by atoms with Crippen LogP contribution in [0.5, 0.6) is 0 Å². The first-order valence-electron chi connectivity index (χ1n) is 11.8. The van der Waals surface area contributed by atoms with Crippen LogP contribution in [-0.2, 0) is 34.3 Å². The zero-order valence-electron chi connectivity index (χ0n) is 21.5. The number of carbonyl (C=O) groups is 2. The van der Waals surface area contributed by atoms with Crippen molar-refractivity contribution in [3.05, 3.63) is 78.2 Å². The third kappa shape index (κ3) is 5.38. The van der Waals surface area contributed by atoms with Crippen LogP contribution in [0, 0.1) is 0 Å². The fourth-order valence-corrected chi connectivity index (χ4v) is 5.92. The van der Waals surface area contributed by atoms with E-state index in [2.05, 4.69) is 10.6 Å². The van der Waals surface area contributed by atoms with Gasteiger partial charge < -0.3 is 25.5 Å². The molecule has 0 spiro atoms. The molecule has 0 aliphatic heterocycles. The second kappa shape index (κ2) is 9.74. The van der Waals surface area contributed by atoms with Crippen LogP contribution in [0.25, 0.3) is 21.7 Å². The van der Waals surface area contributed by atoms with E-state index in [9.17, 15) is 35.5 Å². The minimum Gasteiger partial charge on any atom is -0.399 e. The molecular formula is C26H23N5O8S2. The van der Waals surface area contributed by atoms with Gasteiger partial charge in [-0.05, 0) is 60.0 Å². The van der Waals surface area contributed by atoms with Crippen LogP contribution < -0.4 is 16.4 Å². The highest BCUT2D eigenvalue weighted by atomic mass is 32.2. The first-order valence-corrected chi connectivity index (χ1v) is 14.7. The van der Waals surface area contributed by atoms with Crippen molar-refractivity contribution in [3.8, 4) is 0 Å². The Morgan fingerprint density at radius 2 is 1.44 bits per heavy atom. The van der Waals surface area contributed by atoms with E-state index in [1.807, 2.05) is 6.07 Å². The number of nitrogens with zero attached hydrogens (tertiary/aromatic N) is 2. The maximum Gasteiger partial charge on any atom is 0.295 e. The predicted octanol–water partition coefficient (Wildman–Crippen LogP) is 3.25. The minimum atomic E-state index is -4.90. The molecule has 2 aromatic heterocycles. The summed E-state index contributed by atoms with van der Waals surface area (Å²) in [6.07, 6.45) is 1.54. The second-order valence-corrected chi connectivity index (χ2v) is 12.2. The summed E-state index contributed by atoms with van der Waals surface area (Å²) in [4.78, 5) is 24.6. The number of benzene rings is 3. The zero-order chi connectivity index (χ0) is 29.9. The molecule has 0 bridgehead atoms. The van der Waals surface area contributed by atoms with Crippen molar-refractivity contribution in [2.45, 2.75) is 9.79 Å². The molecule has 0 unspecified atom stereocenters. The van der Waals surface area contributed by atoms with Crippen molar-refractivity contribution >= 4 is 70.8 Å². The highest BCUT2D eigenvalue weighted by Crippen LogP contribution is 2.30. The quantitative estimate of drug-likeness (QED) is 0.144. The molecule has 13 nitrogen and oxygen atoms in total. The lowest BCUT2D eigenvalue weighted by Crippen LogP contribution is -2.15. The average molecular weight is 598 g/mol. The first kappa shape index (κ1) is 27.9. The summed E-state index contributed by atoms with van der Waals surface area (Å²) in [5, 5.41) is 6.16. The molecule has 15 heteroatoms. The molecule has 5 aromatic rings. The van der Waals surface area contributed by atoms with Crippen LogP contribution >= 0.6 is 0 Å². The number of fused-ring (bicyclic) bond motifs is 2. The molecule has 212 valence electrons. The topological polar surface area (TPSA) is 203 Å². The van der Waals surface area contributed by atoms with E-state index in [1.54, 1.807) is 43.1 Å². The molecule has 0 saturated carbocycles. The van der Waals surface area contributed by atoms with E-state index in [4.69, 9.17) is 5.73 Å². The second-order valence-electron chi connectivity index (χ2n) is 9.35. The fourth-order valence-electron chi connectivity index (χ4n) is 4.57. The van der Waals surface area contributed by atoms with Crippen molar-refractivity contribution in [1.82, 2.24) is 9.13 Å². The lowest BCUT2D eigenvalue weighted by molar-refractivity contribution is 0.101. The van der Waals surface area contributed by atoms with Gasteiger partial charge in [-0.1, -0.05) is 6.07 Å². The number of nitrogen functional groups attached to an aromatic ring is 1. The molecule has 0 radical (unpaired) electrons. The number of aromatic nitrogens is 2. The van der Waals surface area contributed by atoms with Gasteiger partial charge in [0.1, 0.15) is 16.3 Å². The van der Waals surface area contributed by atoms with Gasteiger partial charge in [-0.3, -0.25) is 18.7 Å². The van der Waals surface area contributed by atoms with Crippen molar-refractivity contribution < 1.29 is 35.5 Å². The van der Waals surface area contributed by atoms with Gasteiger partial charge in [-0.15, -0.1) is 0 Å². The van der Waals surface area contributed by atoms with E-state index in [0.717, 1.165) is 17.0 Å². The Hall–Kier alpha value is -4.70. The van der Waals surface area contributed by atoms with Crippen molar-refractivity contribution in [3.63, 3.8) is 0 Å². The summed E-state index contributed by atoms with van der Waals surface area (Å²) < 4.78 is 69.2. The van der Waals surface area contributed by atoms with Gasteiger partial charge in [0.05, 0.1) is 10.6 Å². The summed E-state index contributed by atoms with van der Waals surface area (Å²) in [5.41, 5.74) is 8.24. The predicted molar refractivity (Wildman–Crippen MR) is 152 cm³/mol. The Morgan fingerprint density at radius 3 is 2.12 bits per heavy atom. The van der Waals surface area contributed by atoms with E-state index >= 15 is 0 Å². The molecular weight excluding hydrogens is 574 g/mol. The standard InChI is InChI=1S/C26H23N5O8S2/c1-30-13-18(29-26(33)23-9-15-7-16(27)4-6-21(15)31(23)2)11-22(30)25(32)28-17-5-3-14-8-19(40(34,35)36)12-24(20(14)10-17)41(37,38)39/h3-13H,27H2,1-2H3,(H,28,32)(H,29,33)(H,34,35,36)(H,37,38,39). The van der Waals surface area contributed by atoms with Gasteiger partial charge in [0, 0.05) is 48.0 Å². The molecule has 41 heavy (non-hydrogen) atoms. The van der Waals surface area contributed by atoms with Gasteiger partial charge in [0.15, 0.2) is 0 Å². The number of aryl methyl sites for hydroxylation is 2. The van der Waals surface area contributed by atoms with Gasteiger partial charge in [-0.2, -0.15) is 16.8 Å². The highest BCUT2D eigenvalue weighted by molar-refractivity contribution is 7.86. The molecule has 0 atom stereocenters. The van der Waals surface area contributed by atoms with E-state index in [-0.39, 0.29) is 22.2 Å². The molecule has 0 aliphatic carbocycles. The number of carbonyl (C=O) groups excluding carboxylic acids is 2. The van der Waals surface area contributed by atoms with Gasteiger partial charge in [0.25, 0.3) is 32.1 Å². The number of anilines is 3. The Morgan fingerprint density at radius 1 is 0.756 bits per heavy atom. The highest BCUT2D eigenvalue weighted by Gasteiger charge is 2.22. The monoisotopic (exact) mass is 597 g/mol. The maximum absolute atomic E-state index is 13.1. The SMILES string of the molecule is Cn1cc(NC(=O)c2cc3cc(N)ccc3n2C)cc1C(=O)Nc1ccc2cc(S(=O)(=O)O)cc(S(=O)(=O)O)c2c1. The summed E-state index contributed by atoms with van der Waals surface area (Å²) in [7, 11) is -6.33. The van der Waals surface area contributed by atoms with Crippen LogP contribution in [0.1, 0.15) is 21.0 Å². The van der Waals surface area contributed by atoms with Crippen LogP contribution in [0.4, 0.5) is 17.1 Å². The normalized spacial score (nSPS) is 12.1. The number of nitrogens with one attached hydrogen (secondary N) is 2. The molecule has 2 heterocycles. The first-order chi connectivity index (χ1) is 19.1. The van der Waals surface area contributed by atoms with E-state index in [0.29, 0.717) is 23.1 Å². The van der Waals surface area contributed by atoms with Crippen LogP contribution in [-0.4, -0.2) is 46.9 Å². The van der Waals surface area contributed by atoms with Crippen LogP contribution in [0.3, 0.4) is 0 Å². The molecule has 0 fully saturated rings. The third-order valence-electron chi connectivity index (χ3n) is 6.52. The molecule has 2 amide bonds. The van der Waals surface area contributed by atoms with E-state index < -0.39 is 41.8 Å². The summed E-state index contributed by atoms with van der Waals surface area (Å²) in [5.74, 6) is -1.01. The van der Waals surface area contributed by atoms with E-state index in [1.165, 1.54) is 28.8 Å². The number of nitrogens with two attached hydrogens (primary N) is 1. The summed E-state index contributed by atoms with van der Waals surface area (Å²) in [6.45, 7) is 0. The summed E-state index contributed by atoms with van der Waals surface area (Å²) >= 11 is 0. The summed E-state index contributed by atoms with van der Waals surface area (Å²) in [6, 6.07) is 14.1. The van der Waals surface area contributed by atoms with Gasteiger partial charge in [0.2, 0.25) is 0 Å². The van der Waals surface area contributed by atoms with Crippen molar-refractivity contribution in [2.24, 2.45) is 14.1 Å². The molecule has 6 N–H and O–H groups in total. The largest absolute Gasteiger partial charge is 0.399 e. The number of hydrogen-bond donors (Lipinski definition) is 5. The van der Waals surface area contributed by atoms with Gasteiger partial charge >= 0.3 is 0 Å². The minimum absolute atomic E-state index is 0.0747. The lowest BCUT2D eigenvalue weighted by Gasteiger charge is -2.10. The zero-order valence-corrected chi connectivity index (χ0v) is 23.1. The Balaban J connectivity index is 1.41. The van der Waals surface area contributed by atoms with Crippen LogP contribution in [0.2, 0.25) is 0 Å². The number of hydrogen-bond acceptors (Lipinski definition) is 7. The molecule has 0 saturated heterocycles. The van der Waals surface area contributed by atoms with Crippen molar-refractivity contribution in [2.75, 3.05) is 16.4 Å². The van der Waals surface area contributed by atoms with Gasteiger partial charge in [-0.25, -0.2) is 0 Å². The molecule has 3 aromatic carbocycles. The van der Waals surface area contributed by atoms with Crippen LogP contribution in [0.15, 0.2) is 76.7 Å². The maximum atomic E-state index is 13.1. The smallest absolute Gasteiger partial charge is 0.295 e.